The molecule has 36 heavy (non-hydrogen) atoms. The first kappa shape index (κ1) is 34.7. The summed E-state index contributed by atoms with van der Waals surface area (Å²) in [5.41, 5.74) is 0. The molecular formula is C32H60O4. The first-order valence-corrected chi connectivity index (χ1v) is 15.7. The van der Waals surface area contributed by atoms with Crippen LogP contribution in [0.1, 0.15) is 168 Å². The number of esters is 1. The number of unbranched alkanes of at least 4 members (excludes halogenated alkanes) is 21. The quantitative estimate of drug-likeness (QED) is 0.0648. The summed E-state index contributed by atoms with van der Waals surface area (Å²) in [5, 5.41) is 9.27. The van der Waals surface area contributed by atoms with E-state index in [0.717, 1.165) is 19.3 Å². The third kappa shape index (κ3) is 25.8. The van der Waals surface area contributed by atoms with Crippen LogP contribution in [0, 0.1) is 5.92 Å². The fourth-order valence-corrected chi connectivity index (χ4v) is 4.65. The number of rotatable bonds is 28. The molecule has 4 nitrogen and oxygen atoms in total. The van der Waals surface area contributed by atoms with E-state index in [-0.39, 0.29) is 6.42 Å². The number of hydrogen-bond donors (Lipinski definition) is 1. The number of ether oxygens (including phenoxy) is 1. The van der Waals surface area contributed by atoms with Gasteiger partial charge in [-0.3, -0.25) is 9.59 Å². The Hall–Kier alpha value is -1.32. The fraction of sp³-hybridized carbons (Fsp3) is 0.875. The first-order valence-electron chi connectivity index (χ1n) is 15.7. The molecule has 0 heterocycles. The Labute approximate surface area is 224 Å². The summed E-state index contributed by atoms with van der Waals surface area (Å²) in [4.78, 5) is 22.9. The highest BCUT2D eigenvalue weighted by molar-refractivity contribution is 5.80. The van der Waals surface area contributed by atoms with E-state index in [9.17, 15) is 14.7 Å². The van der Waals surface area contributed by atoms with Crippen molar-refractivity contribution in [1.82, 2.24) is 0 Å². The van der Waals surface area contributed by atoms with E-state index < -0.39 is 17.9 Å². The van der Waals surface area contributed by atoms with E-state index in [1.807, 2.05) is 13.0 Å². The molecule has 4 heteroatoms. The fourth-order valence-electron chi connectivity index (χ4n) is 4.65. The van der Waals surface area contributed by atoms with E-state index >= 15 is 0 Å². The Kier molecular flexibility index (Phi) is 27.2. The van der Waals surface area contributed by atoms with Gasteiger partial charge in [-0.1, -0.05) is 154 Å². The molecule has 0 aromatic carbocycles. The van der Waals surface area contributed by atoms with Crippen molar-refractivity contribution in [2.45, 2.75) is 168 Å². The minimum absolute atomic E-state index is 0.0782. The lowest BCUT2D eigenvalue weighted by Gasteiger charge is -2.07. The molecule has 0 amide bonds. The van der Waals surface area contributed by atoms with Crippen LogP contribution in [0.4, 0.5) is 0 Å². The molecule has 0 aromatic heterocycles. The van der Waals surface area contributed by atoms with Crippen LogP contribution in [0.5, 0.6) is 0 Å². The second-order valence-electron chi connectivity index (χ2n) is 10.7. The number of carbonyl (C=O) groups excluding carboxylic acids is 1. The smallest absolute Gasteiger partial charge is 0.310 e. The van der Waals surface area contributed by atoms with Gasteiger partial charge in [0.05, 0.1) is 18.9 Å². The first-order chi connectivity index (χ1) is 17.6. The average Bonchev–Trinajstić information content (AvgIpc) is 2.87. The molecule has 0 aliphatic carbocycles. The maximum Gasteiger partial charge on any atom is 0.310 e. The van der Waals surface area contributed by atoms with Crippen LogP contribution in [0.2, 0.25) is 0 Å². The van der Waals surface area contributed by atoms with Crippen molar-refractivity contribution in [3.63, 3.8) is 0 Å². The third-order valence-corrected chi connectivity index (χ3v) is 7.01. The Bertz CT molecular complexity index is 514. The maximum absolute atomic E-state index is 11.6. The van der Waals surface area contributed by atoms with Gasteiger partial charge in [0.1, 0.15) is 0 Å². The van der Waals surface area contributed by atoms with E-state index in [2.05, 4.69) is 6.92 Å². The molecule has 212 valence electrons. The van der Waals surface area contributed by atoms with Gasteiger partial charge >= 0.3 is 11.9 Å². The maximum atomic E-state index is 11.6. The standard InChI is InChI=1S/C32H60O4/c1-3-5-6-7-8-9-10-11-12-13-14-15-16-17-18-19-20-21-22-23-24-25-26-27-30(32(34)35)29-31(33)36-28-4-2/h26-27,30H,3-25,28-29H2,1-2H3,(H,34,35)/b27-26+. The Balaban J connectivity index is 3.37. The molecule has 0 radical (unpaired) electrons. The summed E-state index contributed by atoms with van der Waals surface area (Å²) in [6, 6.07) is 0. The van der Waals surface area contributed by atoms with Gasteiger partial charge < -0.3 is 9.84 Å². The van der Waals surface area contributed by atoms with E-state index in [1.54, 1.807) is 6.08 Å². The number of carboxylic acids is 1. The van der Waals surface area contributed by atoms with Crippen LogP contribution >= 0.6 is 0 Å². The summed E-state index contributed by atoms with van der Waals surface area (Å²) in [5.74, 6) is -2.16. The molecule has 0 fully saturated rings. The Morgan fingerprint density at radius 2 is 1.00 bits per heavy atom. The zero-order valence-electron chi connectivity index (χ0n) is 24.1. The molecule has 1 N–H and O–H groups in total. The molecule has 0 spiro atoms. The minimum atomic E-state index is -0.960. The molecular weight excluding hydrogens is 448 g/mol. The molecule has 0 rings (SSSR count). The molecule has 1 unspecified atom stereocenters. The molecule has 0 saturated carbocycles. The SMILES string of the molecule is CCCCCCCCCCCCCCCCCCCCCCC/C=C/C(CC(=O)OCCC)C(=O)O. The lowest BCUT2D eigenvalue weighted by molar-refractivity contribution is -0.150. The molecule has 0 saturated heterocycles. The van der Waals surface area contributed by atoms with Crippen LogP contribution in [0.3, 0.4) is 0 Å². The molecule has 1 atom stereocenters. The topological polar surface area (TPSA) is 63.6 Å². The van der Waals surface area contributed by atoms with Gasteiger partial charge in [-0.25, -0.2) is 0 Å². The highest BCUT2D eigenvalue weighted by Gasteiger charge is 2.18. The molecule has 0 aromatic rings. The Morgan fingerprint density at radius 3 is 1.36 bits per heavy atom. The minimum Gasteiger partial charge on any atom is -0.481 e. The summed E-state index contributed by atoms with van der Waals surface area (Å²) in [6.07, 6.45) is 34.1. The van der Waals surface area contributed by atoms with Crippen molar-refractivity contribution in [2.75, 3.05) is 6.61 Å². The van der Waals surface area contributed by atoms with Crippen LogP contribution < -0.4 is 0 Å². The van der Waals surface area contributed by atoms with Gasteiger partial charge in [-0.15, -0.1) is 0 Å². The lowest BCUT2D eigenvalue weighted by atomic mass is 10.0. The largest absolute Gasteiger partial charge is 0.481 e. The van der Waals surface area contributed by atoms with E-state index in [4.69, 9.17) is 4.74 Å². The zero-order valence-corrected chi connectivity index (χ0v) is 24.1. The van der Waals surface area contributed by atoms with Gasteiger partial charge in [-0.05, 0) is 19.3 Å². The number of carboxylic acid groups (broad SMARTS) is 1. The number of hydrogen-bond acceptors (Lipinski definition) is 3. The van der Waals surface area contributed by atoms with Crippen molar-refractivity contribution < 1.29 is 19.4 Å². The number of aliphatic carboxylic acids is 1. The zero-order chi connectivity index (χ0) is 26.5. The second kappa shape index (κ2) is 28.3. The van der Waals surface area contributed by atoms with Crippen molar-refractivity contribution in [2.24, 2.45) is 5.92 Å². The van der Waals surface area contributed by atoms with Crippen molar-refractivity contribution in [3.8, 4) is 0 Å². The van der Waals surface area contributed by atoms with Gasteiger partial charge in [0.2, 0.25) is 0 Å². The van der Waals surface area contributed by atoms with E-state index in [1.165, 1.54) is 128 Å². The van der Waals surface area contributed by atoms with Crippen LogP contribution in [0.25, 0.3) is 0 Å². The highest BCUT2D eigenvalue weighted by Crippen LogP contribution is 2.15. The van der Waals surface area contributed by atoms with Crippen molar-refractivity contribution >= 4 is 11.9 Å². The van der Waals surface area contributed by atoms with Crippen LogP contribution in [0.15, 0.2) is 12.2 Å². The van der Waals surface area contributed by atoms with Crippen molar-refractivity contribution in [1.29, 1.82) is 0 Å². The predicted octanol–water partition coefficient (Wildman–Crippen LogP) is 10.2. The van der Waals surface area contributed by atoms with E-state index in [0.29, 0.717) is 6.61 Å². The number of allylic oxidation sites excluding steroid dienone is 1. The van der Waals surface area contributed by atoms with Crippen molar-refractivity contribution in [3.05, 3.63) is 12.2 Å². The van der Waals surface area contributed by atoms with Crippen LogP contribution in [-0.4, -0.2) is 23.7 Å². The highest BCUT2D eigenvalue weighted by atomic mass is 16.5. The summed E-state index contributed by atoms with van der Waals surface area (Å²) >= 11 is 0. The normalized spacial score (nSPS) is 12.3. The molecule has 0 aliphatic rings. The van der Waals surface area contributed by atoms with Gasteiger partial charge in [0.25, 0.3) is 0 Å². The third-order valence-electron chi connectivity index (χ3n) is 7.01. The molecule has 0 aliphatic heterocycles. The lowest BCUT2D eigenvalue weighted by Crippen LogP contribution is -2.17. The Morgan fingerprint density at radius 1 is 0.611 bits per heavy atom. The van der Waals surface area contributed by atoms with Gasteiger partial charge in [0.15, 0.2) is 0 Å². The average molecular weight is 509 g/mol. The monoisotopic (exact) mass is 508 g/mol. The van der Waals surface area contributed by atoms with Gasteiger partial charge in [-0.2, -0.15) is 0 Å². The van der Waals surface area contributed by atoms with Gasteiger partial charge in [0, 0.05) is 0 Å². The molecule has 0 bridgehead atoms. The summed E-state index contributed by atoms with van der Waals surface area (Å²) in [6.45, 7) is 4.56. The second-order valence-corrected chi connectivity index (χ2v) is 10.7. The van der Waals surface area contributed by atoms with Crippen LogP contribution in [-0.2, 0) is 14.3 Å². The summed E-state index contributed by atoms with van der Waals surface area (Å²) in [7, 11) is 0. The summed E-state index contributed by atoms with van der Waals surface area (Å²) < 4.78 is 4.99. The number of carbonyl (C=O) groups is 2. The predicted molar refractivity (Wildman–Crippen MR) is 153 cm³/mol.